The van der Waals surface area contributed by atoms with Gasteiger partial charge in [0.2, 0.25) is 0 Å². The molecule has 144 valence electrons. The molecule has 0 amide bonds. The van der Waals surface area contributed by atoms with E-state index in [1.54, 1.807) is 48.6 Å². The van der Waals surface area contributed by atoms with Crippen molar-refractivity contribution in [3.8, 4) is 0 Å². The van der Waals surface area contributed by atoms with Crippen LogP contribution in [0.5, 0.6) is 0 Å². The van der Waals surface area contributed by atoms with Gasteiger partial charge in [-0.2, -0.15) is 0 Å². The molecule has 0 aliphatic heterocycles. The minimum Gasteiger partial charge on any atom is -0.481 e. The minimum atomic E-state index is -0.821. The maximum absolute atomic E-state index is 10.3. The highest BCUT2D eigenvalue weighted by molar-refractivity contribution is 5.66. The number of aliphatic hydroxyl groups excluding tert-OH is 2. The van der Waals surface area contributed by atoms with Gasteiger partial charge >= 0.3 is 5.97 Å². The quantitative estimate of drug-likeness (QED) is 0.315. The van der Waals surface area contributed by atoms with Gasteiger partial charge in [0.05, 0.1) is 12.2 Å². The molecular formula is C22H32O4. The number of rotatable bonds is 14. The van der Waals surface area contributed by atoms with Crippen molar-refractivity contribution in [2.45, 2.75) is 57.7 Å². The number of allylic oxidation sites excluding steroid dienone is 8. The van der Waals surface area contributed by atoms with Crippen LogP contribution < -0.4 is 0 Å². The maximum atomic E-state index is 10.3. The number of aliphatic carboxylic acids is 1. The van der Waals surface area contributed by atoms with Crippen LogP contribution in [0.4, 0.5) is 0 Å². The van der Waals surface area contributed by atoms with E-state index in [0.717, 1.165) is 12.8 Å². The van der Waals surface area contributed by atoms with E-state index in [9.17, 15) is 15.0 Å². The first kappa shape index (κ1) is 23.8. The second-order valence-corrected chi connectivity index (χ2v) is 5.75. The molecule has 0 bridgehead atoms. The van der Waals surface area contributed by atoms with Gasteiger partial charge in [-0.3, -0.25) is 4.79 Å². The predicted octanol–water partition coefficient (Wildman–Crippen LogP) is 4.49. The fraction of sp³-hybridized carbons (Fsp3) is 0.409. The number of hydrogen-bond acceptors (Lipinski definition) is 3. The summed E-state index contributed by atoms with van der Waals surface area (Å²) in [6.07, 6.45) is 24.7. The summed E-state index contributed by atoms with van der Waals surface area (Å²) in [6, 6.07) is 0. The Labute approximate surface area is 157 Å². The topological polar surface area (TPSA) is 77.8 Å². The van der Waals surface area contributed by atoms with Gasteiger partial charge in [0, 0.05) is 6.42 Å². The monoisotopic (exact) mass is 360 g/mol. The third-order valence-electron chi connectivity index (χ3n) is 3.29. The van der Waals surface area contributed by atoms with E-state index in [-0.39, 0.29) is 6.42 Å². The molecule has 0 heterocycles. The number of hydrogen-bond donors (Lipinski definition) is 3. The molecule has 3 N–H and O–H groups in total. The Morgan fingerprint density at radius 2 is 1.35 bits per heavy atom. The molecule has 0 aromatic rings. The smallest absolute Gasteiger partial charge is 0.303 e. The Bertz CT molecular complexity index is 524. The van der Waals surface area contributed by atoms with E-state index < -0.39 is 18.2 Å². The molecular weight excluding hydrogens is 328 g/mol. The van der Waals surface area contributed by atoms with Crippen molar-refractivity contribution in [3.05, 3.63) is 72.9 Å². The zero-order valence-corrected chi connectivity index (χ0v) is 15.6. The van der Waals surface area contributed by atoms with Gasteiger partial charge in [0.15, 0.2) is 0 Å². The average Bonchev–Trinajstić information content (AvgIpc) is 2.60. The Morgan fingerprint density at radius 1 is 0.808 bits per heavy atom. The Morgan fingerprint density at radius 3 is 1.88 bits per heavy atom. The van der Waals surface area contributed by atoms with Crippen molar-refractivity contribution in [3.63, 3.8) is 0 Å². The van der Waals surface area contributed by atoms with Crippen molar-refractivity contribution >= 4 is 5.97 Å². The molecule has 0 radical (unpaired) electrons. The molecule has 0 spiro atoms. The predicted molar refractivity (Wildman–Crippen MR) is 108 cm³/mol. The van der Waals surface area contributed by atoms with E-state index in [2.05, 4.69) is 19.1 Å². The molecule has 0 aromatic carbocycles. The fourth-order valence-corrected chi connectivity index (χ4v) is 1.90. The summed E-state index contributed by atoms with van der Waals surface area (Å²) in [4.78, 5) is 10.3. The maximum Gasteiger partial charge on any atom is 0.303 e. The number of aliphatic hydroxyl groups is 2. The molecule has 2 atom stereocenters. The first-order chi connectivity index (χ1) is 12.6. The van der Waals surface area contributed by atoms with Crippen LogP contribution in [-0.4, -0.2) is 33.5 Å². The van der Waals surface area contributed by atoms with Gasteiger partial charge in [-0.1, -0.05) is 79.8 Å². The molecule has 0 saturated carbocycles. The van der Waals surface area contributed by atoms with Crippen LogP contribution in [0.1, 0.15) is 45.4 Å². The van der Waals surface area contributed by atoms with Crippen molar-refractivity contribution in [1.29, 1.82) is 0 Å². The largest absolute Gasteiger partial charge is 0.481 e. The van der Waals surface area contributed by atoms with Crippen LogP contribution in [0.2, 0.25) is 0 Å². The summed E-state index contributed by atoms with van der Waals surface area (Å²) >= 11 is 0. The van der Waals surface area contributed by atoms with Crippen molar-refractivity contribution < 1.29 is 20.1 Å². The Hall–Kier alpha value is -2.17. The summed E-state index contributed by atoms with van der Waals surface area (Å²) in [6.45, 7) is 2.10. The zero-order chi connectivity index (χ0) is 19.5. The average molecular weight is 360 g/mol. The van der Waals surface area contributed by atoms with Crippen LogP contribution in [0.25, 0.3) is 0 Å². The van der Waals surface area contributed by atoms with Crippen LogP contribution in [0.15, 0.2) is 72.9 Å². The van der Waals surface area contributed by atoms with Gasteiger partial charge in [-0.25, -0.2) is 0 Å². The zero-order valence-electron chi connectivity index (χ0n) is 15.6. The van der Waals surface area contributed by atoms with Crippen molar-refractivity contribution in [2.24, 2.45) is 0 Å². The molecule has 4 heteroatoms. The second-order valence-electron chi connectivity index (χ2n) is 5.75. The normalized spacial score (nSPS) is 15.5. The fourth-order valence-electron chi connectivity index (χ4n) is 1.90. The number of carbonyl (C=O) groups is 1. The van der Waals surface area contributed by atoms with E-state index >= 15 is 0 Å². The molecule has 0 rings (SSSR count). The van der Waals surface area contributed by atoms with Crippen LogP contribution in [0.3, 0.4) is 0 Å². The molecule has 0 fully saturated rings. The highest BCUT2D eigenvalue weighted by atomic mass is 16.4. The summed E-state index contributed by atoms with van der Waals surface area (Å²) in [5.41, 5.74) is 0. The van der Waals surface area contributed by atoms with Gasteiger partial charge in [0.1, 0.15) is 0 Å². The van der Waals surface area contributed by atoms with E-state index in [4.69, 9.17) is 5.11 Å². The molecule has 0 aromatic heterocycles. The first-order valence-electron chi connectivity index (χ1n) is 9.10. The lowest BCUT2D eigenvalue weighted by molar-refractivity contribution is -0.136. The molecule has 2 unspecified atom stereocenters. The van der Waals surface area contributed by atoms with Gasteiger partial charge < -0.3 is 15.3 Å². The molecule has 0 aliphatic rings. The number of carboxylic acids is 1. The lowest BCUT2D eigenvalue weighted by atomic mass is 10.2. The van der Waals surface area contributed by atoms with Crippen molar-refractivity contribution in [2.75, 3.05) is 0 Å². The molecule has 4 nitrogen and oxygen atoms in total. The second kappa shape index (κ2) is 17.6. The third-order valence-corrected chi connectivity index (χ3v) is 3.29. The van der Waals surface area contributed by atoms with Gasteiger partial charge in [0.25, 0.3) is 0 Å². The van der Waals surface area contributed by atoms with Gasteiger partial charge in [-0.15, -0.1) is 0 Å². The Kier molecular flexibility index (Phi) is 16.2. The Balaban J connectivity index is 3.91. The summed E-state index contributed by atoms with van der Waals surface area (Å²) in [5, 5.41) is 28.0. The van der Waals surface area contributed by atoms with E-state index in [1.807, 2.05) is 12.2 Å². The SMILES string of the molecule is CCC=CCC=CCC(O)C=CC=CC=CC(O)CC=CCCC(=O)O. The molecule has 0 aliphatic carbocycles. The number of carboxylic acid groups (broad SMARTS) is 1. The summed E-state index contributed by atoms with van der Waals surface area (Å²) in [5.74, 6) is -0.821. The highest BCUT2D eigenvalue weighted by Gasteiger charge is 1.95. The minimum absolute atomic E-state index is 0.106. The van der Waals surface area contributed by atoms with Crippen molar-refractivity contribution in [1.82, 2.24) is 0 Å². The molecule has 0 saturated heterocycles. The standard InChI is InChI=1S/C22H32O4/c1-2-3-4-5-6-10-15-20(23)16-11-7-8-12-17-21(24)18-13-9-14-19-22(25)26/h3-4,6-13,16-17,20-21,23-24H,2,5,14-15,18-19H2,1H3,(H,25,26). The molecule has 26 heavy (non-hydrogen) atoms. The van der Waals surface area contributed by atoms with Crippen LogP contribution >= 0.6 is 0 Å². The third kappa shape index (κ3) is 18.2. The summed E-state index contributed by atoms with van der Waals surface area (Å²) in [7, 11) is 0. The first-order valence-corrected chi connectivity index (χ1v) is 9.10. The lowest BCUT2D eigenvalue weighted by Gasteiger charge is -1.99. The van der Waals surface area contributed by atoms with E-state index in [1.165, 1.54) is 0 Å². The highest BCUT2D eigenvalue weighted by Crippen LogP contribution is 2.00. The summed E-state index contributed by atoms with van der Waals surface area (Å²) < 4.78 is 0. The lowest BCUT2D eigenvalue weighted by Crippen LogP contribution is -1.99. The van der Waals surface area contributed by atoms with Crippen LogP contribution in [0, 0.1) is 0 Å². The van der Waals surface area contributed by atoms with Gasteiger partial charge in [-0.05, 0) is 32.1 Å². The van der Waals surface area contributed by atoms with Crippen LogP contribution in [-0.2, 0) is 4.79 Å². The van der Waals surface area contributed by atoms with E-state index in [0.29, 0.717) is 19.3 Å².